The van der Waals surface area contributed by atoms with Gasteiger partial charge in [-0.1, -0.05) is 0 Å². The van der Waals surface area contributed by atoms with Crippen LogP contribution >= 0.6 is 0 Å². The van der Waals surface area contributed by atoms with Crippen LogP contribution in [0.5, 0.6) is 0 Å². The molecule has 2 N–H and O–H groups in total. The number of hydrogen-bond donors (Lipinski definition) is 2. The molecule has 0 unspecified atom stereocenters. The van der Waals surface area contributed by atoms with Gasteiger partial charge in [0.1, 0.15) is 0 Å². The molecule has 0 aromatic heterocycles. The van der Waals surface area contributed by atoms with Crippen LogP contribution in [0.4, 0.5) is 9.59 Å². The maximum atomic E-state index is 8.44. The van der Waals surface area contributed by atoms with Crippen molar-refractivity contribution in [2.75, 3.05) is 0 Å². The van der Waals surface area contributed by atoms with Gasteiger partial charge in [0, 0.05) is 24.6 Å². The molecule has 0 atom stereocenters. The molecule has 0 aromatic rings. The average Bonchev–Trinajstić information content (AvgIpc) is 1.25. The molecule has 10 nitrogen and oxygen atoms in total. The van der Waals surface area contributed by atoms with Gasteiger partial charge in [-0.25, -0.2) is 0 Å². The van der Waals surface area contributed by atoms with E-state index in [1.54, 1.807) is 0 Å². The Labute approximate surface area is 87.0 Å². The fourth-order valence-corrected chi connectivity index (χ4v) is 0. The van der Waals surface area contributed by atoms with E-state index < -0.39 is 12.3 Å². The number of carboxylic acid groups (broad SMARTS) is 4. The summed E-state index contributed by atoms with van der Waals surface area (Å²) < 4.78 is 0. The van der Waals surface area contributed by atoms with Gasteiger partial charge >= 0.3 is 19.5 Å². The van der Waals surface area contributed by atoms with Gasteiger partial charge in [0.25, 0.3) is 0 Å². The molecule has 0 aliphatic rings. The molecule has 0 saturated carbocycles. The molecule has 0 aliphatic heterocycles. The first-order valence-corrected chi connectivity index (χ1v) is 1.26. The molecular formula is C2H2N4O6Zn. The van der Waals surface area contributed by atoms with Gasteiger partial charge in [-0.3, -0.25) is 0 Å². The molecule has 0 rings (SSSR count). The van der Waals surface area contributed by atoms with Crippen LogP contribution < -0.4 is 34.8 Å². The van der Waals surface area contributed by atoms with E-state index >= 15 is 0 Å². The second-order valence-corrected chi connectivity index (χ2v) is 0.532. The number of hydrogen-bond acceptors (Lipinski definition) is 4. The molecule has 0 spiro atoms. The fraction of sp³-hybridized carbons (Fsp3) is 0. The zero-order valence-corrected chi connectivity index (χ0v) is 8.99. The van der Waals surface area contributed by atoms with Gasteiger partial charge < -0.3 is 30.0 Å². The summed E-state index contributed by atoms with van der Waals surface area (Å²) in [7, 11) is 0. The smallest absolute Gasteiger partial charge is 0.565 e. The Morgan fingerprint density at radius 2 is 0.769 bits per heavy atom. The number of carbonyl (C=O) groups is 2. The quantitative estimate of drug-likeness (QED) is 0.399. The molecule has 0 saturated heterocycles. The van der Waals surface area contributed by atoms with Crippen molar-refractivity contribution in [3.05, 3.63) is 0 Å². The summed E-state index contributed by atoms with van der Waals surface area (Å²) in [6.45, 7) is 0. The minimum absolute atomic E-state index is 0. The SMILES string of the molecule is O=C([O-])O.O=C([O-])O.[N].[N].[N].[N].[Zn+2]. The molecule has 0 aliphatic carbocycles. The minimum Gasteiger partial charge on any atom is -0.565 e. The summed E-state index contributed by atoms with van der Waals surface area (Å²) in [4.78, 5) is 16.9. The summed E-state index contributed by atoms with van der Waals surface area (Å²) in [6.07, 6.45) is -4.17. The molecule has 0 fully saturated rings. The number of nitrogens with zero attached hydrogens (tertiary/aromatic N) is 4. The van der Waals surface area contributed by atoms with Gasteiger partial charge in [-0.15, -0.1) is 0 Å². The Kier molecular flexibility index (Phi) is 196. The van der Waals surface area contributed by atoms with Gasteiger partial charge in [0.05, 0.1) is 0 Å². The van der Waals surface area contributed by atoms with Crippen LogP contribution in [0.25, 0.3) is 0 Å². The summed E-state index contributed by atoms with van der Waals surface area (Å²) in [5.41, 5.74) is 0. The first-order valence-electron chi connectivity index (χ1n) is 1.26. The second kappa shape index (κ2) is 44.0. The minimum atomic E-state index is -2.08. The van der Waals surface area contributed by atoms with Crippen molar-refractivity contribution in [2.24, 2.45) is 0 Å². The van der Waals surface area contributed by atoms with Crippen molar-refractivity contribution >= 4 is 12.3 Å². The molecule has 12 radical (unpaired) electrons. The Hall–Kier alpha value is -0.997. The first-order chi connectivity index (χ1) is 3.46. The van der Waals surface area contributed by atoms with Crippen molar-refractivity contribution in [3.8, 4) is 0 Å². The van der Waals surface area contributed by atoms with E-state index in [1.807, 2.05) is 0 Å². The molecule has 0 bridgehead atoms. The van der Waals surface area contributed by atoms with E-state index in [1.165, 1.54) is 0 Å². The average molecular weight is 243 g/mol. The third-order valence-corrected chi connectivity index (χ3v) is 0. The van der Waals surface area contributed by atoms with Crippen molar-refractivity contribution < 1.29 is 49.5 Å². The molecule has 11 heteroatoms. The van der Waals surface area contributed by atoms with Crippen LogP contribution in [0.3, 0.4) is 0 Å². The predicted octanol–water partition coefficient (Wildman–Crippen LogP) is -4.15. The van der Waals surface area contributed by atoms with Gasteiger partial charge in [0.15, 0.2) is 0 Å². The second-order valence-electron chi connectivity index (χ2n) is 0.532. The Bertz CT molecular complexity index is 80.6. The summed E-state index contributed by atoms with van der Waals surface area (Å²) >= 11 is 0. The molecule has 0 amide bonds. The Morgan fingerprint density at radius 1 is 0.769 bits per heavy atom. The van der Waals surface area contributed by atoms with Crippen molar-refractivity contribution in [2.45, 2.75) is 0 Å². The molecule has 0 heterocycles. The summed E-state index contributed by atoms with van der Waals surface area (Å²) in [5, 5.41) is 30.6. The maximum Gasteiger partial charge on any atom is 2.00 e. The summed E-state index contributed by atoms with van der Waals surface area (Å²) in [5.74, 6) is 0. The first kappa shape index (κ1) is 58.1. The zero-order chi connectivity index (χ0) is 7.15. The van der Waals surface area contributed by atoms with E-state index in [0.29, 0.717) is 0 Å². The Balaban J connectivity index is -0.00000000800. The predicted molar refractivity (Wildman–Crippen MR) is 24.6 cm³/mol. The standard InChI is InChI=1S/2CH2O3.4N.Zn/c2*2-1(3)4;;;;;/h2*(H2,2,3,4);;;;;/q;;;;;;+2/p-2. The fourth-order valence-electron chi connectivity index (χ4n) is 0. The maximum absolute atomic E-state index is 8.44. The molecule has 13 heavy (non-hydrogen) atoms. The molecule has 68 valence electrons. The van der Waals surface area contributed by atoms with Crippen molar-refractivity contribution in [1.82, 2.24) is 24.6 Å². The Morgan fingerprint density at radius 3 is 0.769 bits per heavy atom. The van der Waals surface area contributed by atoms with E-state index in [4.69, 9.17) is 30.0 Å². The van der Waals surface area contributed by atoms with Crippen LogP contribution in [0.1, 0.15) is 0 Å². The largest absolute Gasteiger partial charge is 2.00 e. The van der Waals surface area contributed by atoms with Gasteiger partial charge in [-0.05, 0) is 0 Å². The third kappa shape index (κ3) is 898. The van der Waals surface area contributed by atoms with Crippen LogP contribution in [0.15, 0.2) is 0 Å². The summed E-state index contributed by atoms with van der Waals surface area (Å²) in [6, 6.07) is 0. The normalized spacial score (nSPS) is 3.69. The van der Waals surface area contributed by atoms with Crippen molar-refractivity contribution in [1.29, 1.82) is 0 Å². The van der Waals surface area contributed by atoms with E-state index in [0.717, 1.165) is 0 Å². The number of rotatable bonds is 0. The zero-order valence-electron chi connectivity index (χ0n) is 6.02. The monoisotopic (exact) mass is 242 g/mol. The third-order valence-electron chi connectivity index (χ3n) is 0. The molecular weight excluding hydrogens is 241 g/mol. The molecule has 0 aromatic carbocycles. The van der Waals surface area contributed by atoms with Crippen LogP contribution in [-0.4, -0.2) is 22.5 Å². The van der Waals surface area contributed by atoms with Crippen LogP contribution in [-0.2, 0) is 19.5 Å². The van der Waals surface area contributed by atoms with Crippen LogP contribution in [0, 0.1) is 0 Å². The van der Waals surface area contributed by atoms with Crippen molar-refractivity contribution in [3.63, 3.8) is 0 Å². The van der Waals surface area contributed by atoms with E-state index in [2.05, 4.69) is 0 Å². The van der Waals surface area contributed by atoms with Gasteiger partial charge in [-0.2, -0.15) is 0 Å². The van der Waals surface area contributed by atoms with Gasteiger partial charge in [0.2, 0.25) is 12.3 Å². The van der Waals surface area contributed by atoms with E-state index in [9.17, 15) is 0 Å². The topological polar surface area (TPSA) is 243 Å². The van der Waals surface area contributed by atoms with E-state index in [-0.39, 0.29) is 44.1 Å². The van der Waals surface area contributed by atoms with Crippen LogP contribution in [0.2, 0.25) is 0 Å².